The van der Waals surface area contributed by atoms with Gasteiger partial charge in [-0.3, -0.25) is 4.79 Å². The lowest BCUT2D eigenvalue weighted by Crippen LogP contribution is -2.22. The molecule has 0 fully saturated rings. The first-order valence-electron chi connectivity index (χ1n) is 5.54. The van der Waals surface area contributed by atoms with E-state index in [4.69, 9.17) is 0 Å². The van der Waals surface area contributed by atoms with Gasteiger partial charge >= 0.3 is 0 Å². The molecular formula is C12H15N5O. The molecule has 6 heteroatoms. The molecule has 0 unspecified atom stereocenters. The first kappa shape index (κ1) is 12.1. The molecule has 0 aliphatic rings. The molecule has 94 valence electrons. The molecule has 0 aliphatic heterocycles. The third kappa shape index (κ3) is 2.32. The lowest BCUT2D eigenvalue weighted by atomic mass is 10.4. The first-order valence-corrected chi connectivity index (χ1v) is 5.54. The van der Waals surface area contributed by atoms with Gasteiger partial charge in [-0.05, 0) is 18.2 Å². The van der Waals surface area contributed by atoms with Gasteiger partial charge in [0.05, 0.1) is 0 Å². The molecule has 18 heavy (non-hydrogen) atoms. The van der Waals surface area contributed by atoms with Gasteiger partial charge in [0.15, 0.2) is 11.5 Å². The van der Waals surface area contributed by atoms with Crippen molar-refractivity contribution in [3.63, 3.8) is 0 Å². The summed E-state index contributed by atoms with van der Waals surface area (Å²) in [6, 6.07) is 7.25. The van der Waals surface area contributed by atoms with Crippen molar-refractivity contribution >= 4 is 11.7 Å². The largest absolute Gasteiger partial charge is 0.373 e. The average molecular weight is 245 g/mol. The van der Waals surface area contributed by atoms with Gasteiger partial charge in [0.2, 0.25) is 0 Å². The topological polar surface area (TPSA) is 63.1 Å². The zero-order valence-electron chi connectivity index (χ0n) is 10.6. The van der Waals surface area contributed by atoms with Crippen molar-refractivity contribution in [3.8, 4) is 5.82 Å². The highest BCUT2D eigenvalue weighted by atomic mass is 16.2. The van der Waals surface area contributed by atoms with E-state index in [0.29, 0.717) is 11.5 Å². The standard InChI is InChI=1S/C12H15N5O/c1-13-10-5-4-6-11(14-10)17-8-7-9(15-17)12(18)16(2)3/h4-8H,1-3H3,(H,13,14). The summed E-state index contributed by atoms with van der Waals surface area (Å²) in [5.74, 6) is 1.29. The van der Waals surface area contributed by atoms with Gasteiger partial charge in [-0.2, -0.15) is 5.10 Å². The molecule has 1 N–H and O–H groups in total. The van der Waals surface area contributed by atoms with Crippen LogP contribution in [-0.2, 0) is 0 Å². The van der Waals surface area contributed by atoms with Crippen molar-refractivity contribution in [2.45, 2.75) is 0 Å². The lowest BCUT2D eigenvalue weighted by Gasteiger charge is -2.07. The third-order valence-electron chi connectivity index (χ3n) is 2.44. The van der Waals surface area contributed by atoms with E-state index in [-0.39, 0.29) is 5.91 Å². The number of carbonyl (C=O) groups is 1. The molecule has 0 saturated carbocycles. The number of anilines is 1. The van der Waals surface area contributed by atoms with Crippen molar-refractivity contribution in [2.75, 3.05) is 26.5 Å². The molecule has 0 atom stereocenters. The Morgan fingerprint density at radius 2 is 2.11 bits per heavy atom. The van der Waals surface area contributed by atoms with Crippen molar-refractivity contribution < 1.29 is 4.79 Å². The van der Waals surface area contributed by atoms with Gasteiger partial charge in [-0.25, -0.2) is 9.67 Å². The van der Waals surface area contributed by atoms with E-state index >= 15 is 0 Å². The van der Waals surface area contributed by atoms with Crippen molar-refractivity contribution in [2.24, 2.45) is 0 Å². The molecule has 0 aromatic carbocycles. The number of pyridine rings is 1. The molecule has 6 nitrogen and oxygen atoms in total. The molecular weight excluding hydrogens is 230 g/mol. The molecule has 2 aromatic heterocycles. The quantitative estimate of drug-likeness (QED) is 0.876. The van der Waals surface area contributed by atoms with Crippen LogP contribution in [0.2, 0.25) is 0 Å². The summed E-state index contributed by atoms with van der Waals surface area (Å²) in [7, 11) is 5.19. The Morgan fingerprint density at radius 1 is 1.33 bits per heavy atom. The van der Waals surface area contributed by atoms with Crippen LogP contribution in [0.5, 0.6) is 0 Å². The van der Waals surface area contributed by atoms with Gasteiger partial charge in [0.25, 0.3) is 5.91 Å². The highest BCUT2D eigenvalue weighted by Crippen LogP contribution is 2.09. The monoisotopic (exact) mass is 245 g/mol. The van der Waals surface area contributed by atoms with E-state index in [0.717, 1.165) is 5.82 Å². The Bertz CT molecular complexity index is 561. The predicted octanol–water partition coefficient (Wildman–Crippen LogP) is 1.01. The van der Waals surface area contributed by atoms with Crippen LogP contribution in [0.15, 0.2) is 30.5 Å². The number of carbonyl (C=O) groups excluding carboxylic acids is 1. The summed E-state index contributed by atoms with van der Waals surface area (Å²) in [6.07, 6.45) is 1.72. The SMILES string of the molecule is CNc1cccc(-n2ccc(C(=O)N(C)C)n2)n1. The predicted molar refractivity (Wildman–Crippen MR) is 68.9 cm³/mol. The van der Waals surface area contributed by atoms with Crippen LogP contribution in [-0.4, -0.2) is 46.7 Å². The van der Waals surface area contributed by atoms with Crippen molar-refractivity contribution in [3.05, 3.63) is 36.2 Å². The number of nitrogens with one attached hydrogen (secondary N) is 1. The summed E-state index contributed by atoms with van der Waals surface area (Å²) in [6.45, 7) is 0. The zero-order valence-corrected chi connectivity index (χ0v) is 10.6. The number of hydrogen-bond acceptors (Lipinski definition) is 4. The van der Waals surface area contributed by atoms with E-state index in [2.05, 4.69) is 15.4 Å². The maximum Gasteiger partial charge on any atom is 0.273 e. The Balaban J connectivity index is 2.32. The first-order chi connectivity index (χ1) is 8.61. The van der Waals surface area contributed by atoms with Crippen LogP contribution in [0.3, 0.4) is 0 Å². The third-order valence-corrected chi connectivity index (χ3v) is 2.44. The molecule has 0 bridgehead atoms. The van der Waals surface area contributed by atoms with Crippen LogP contribution in [0.25, 0.3) is 5.82 Å². The van der Waals surface area contributed by atoms with Crippen LogP contribution >= 0.6 is 0 Å². The van der Waals surface area contributed by atoms with E-state index in [1.165, 1.54) is 4.90 Å². The molecule has 0 radical (unpaired) electrons. The van der Waals surface area contributed by atoms with E-state index in [9.17, 15) is 4.79 Å². The second-order valence-corrected chi connectivity index (χ2v) is 3.98. The zero-order chi connectivity index (χ0) is 13.1. The van der Waals surface area contributed by atoms with Crippen molar-refractivity contribution in [1.29, 1.82) is 0 Å². The van der Waals surface area contributed by atoms with Gasteiger partial charge in [0.1, 0.15) is 5.82 Å². The minimum atomic E-state index is -0.126. The fraction of sp³-hybridized carbons (Fsp3) is 0.250. The van der Waals surface area contributed by atoms with E-state index < -0.39 is 0 Å². The Kier molecular flexibility index (Phi) is 3.27. The van der Waals surface area contributed by atoms with Gasteiger partial charge in [-0.1, -0.05) is 6.07 Å². The van der Waals surface area contributed by atoms with Crippen LogP contribution < -0.4 is 5.32 Å². The Hall–Kier alpha value is -2.37. The number of aromatic nitrogens is 3. The summed E-state index contributed by atoms with van der Waals surface area (Å²) in [5, 5.41) is 7.17. The molecule has 1 amide bonds. The number of nitrogens with zero attached hydrogens (tertiary/aromatic N) is 4. The Labute approximate surface area is 105 Å². The maximum absolute atomic E-state index is 11.7. The van der Waals surface area contributed by atoms with E-state index in [1.807, 2.05) is 18.2 Å². The fourth-order valence-electron chi connectivity index (χ4n) is 1.48. The van der Waals surface area contributed by atoms with E-state index in [1.54, 1.807) is 38.1 Å². The molecule has 0 spiro atoms. The van der Waals surface area contributed by atoms with Crippen LogP contribution in [0.1, 0.15) is 10.5 Å². The minimum absolute atomic E-state index is 0.126. The number of rotatable bonds is 3. The maximum atomic E-state index is 11.7. The molecule has 2 aromatic rings. The average Bonchev–Trinajstić information content (AvgIpc) is 2.87. The summed E-state index contributed by atoms with van der Waals surface area (Å²) >= 11 is 0. The Morgan fingerprint density at radius 3 is 2.78 bits per heavy atom. The normalized spacial score (nSPS) is 10.2. The van der Waals surface area contributed by atoms with Gasteiger partial charge in [0, 0.05) is 27.3 Å². The summed E-state index contributed by atoms with van der Waals surface area (Å²) in [5.41, 5.74) is 0.400. The second kappa shape index (κ2) is 4.87. The molecule has 0 saturated heterocycles. The fourth-order valence-corrected chi connectivity index (χ4v) is 1.48. The molecule has 2 rings (SSSR count). The highest BCUT2D eigenvalue weighted by Gasteiger charge is 2.12. The summed E-state index contributed by atoms with van der Waals surface area (Å²) in [4.78, 5) is 17.6. The smallest absolute Gasteiger partial charge is 0.273 e. The van der Waals surface area contributed by atoms with Gasteiger partial charge < -0.3 is 10.2 Å². The number of hydrogen-bond donors (Lipinski definition) is 1. The molecule has 0 aliphatic carbocycles. The van der Waals surface area contributed by atoms with Crippen molar-refractivity contribution in [1.82, 2.24) is 19.7 Å². The van der Waals surface area contributed by atoms with Gasteiger partial charge in [-0.15, -0.1) is 0 Å². The van der Waals surface area contributed by atoms with Crippen LogP contribution in [0.4, 0.5) is 5.82 Å². The lowest BCUT2D eigenvalue weighted by molar-refractivity contribution is 0.0821. The molecule has 2 heterocycles. The highest BCUT2D eigenvalue weighted by molar-refractivity contribution is 5.91. The number of amides is 1. The minimum Gasteiger partial charge on any atom is -0.373 e. The summed E-state index contributed by atoms with van der Waals surface area (Å²) < 4.78 is 1.58. The van der Waals surface area contributed by atoms with Crippen LogP contribution in [0, 0.1) is 0 Å². The second-order valence-electron chi connectivity index (χ2n) is 3.98.